The Balaban J connectivity index is 2.11. The van der Waals surface area contributed by atoms with E-state index in [0.29, 0.717) is 17.3 Å². The van der Waals surface area contributed by atoms with Crippen LogP contribution in [0.4, 0.5) is 5.82 Å². The molecule has 6 heteroatoms. The van der Waals surface area contributed by atoms with E-state index in [4.69, 9.17) is 9.47 Å². The number of ether oxygens (including phenoxy) is 2. The Morgan fingerprint density at radius 3 is 2.62 bits per heavy atom. The first-order chi connectivity index (χ1) is 11.6. The average molecular weight is 325 g/mol. The number of rotatable bonds is 6. The number of pyridine rings is 1. The fourth-order valence-electron chi connectivity index (χ4n) is 2.27. The van der Waals surface area contributed by atoms with Crippen LogP contribution in [0.2, 0.25) is 0 Å². The van der Waals surface area contributed by atoms with E-state index in [1.54, 1.807) is 38.5 Å². The Morgan fingerprint density at radius 2 is 2.00 bits per heavy atom. The first-order valence-corrected chi connectivity index (χ1v) is 7.42. The van der Waals surface area contributed by atoms with Gasteiger partial charge in [0.1, 0.15) is 11.7 Å². The third-order valence-corrected chi connectivity index (χ3v) is 3.50. The number of amides is 1. The van der Waals surface area contributed by atoms with Gasteiger partial charge in [-0.15, -0.1) is 0 Å². The molecule has 0 aliphatic carbocycles. The van der Waals surface area contributed by atoms with E-state index >= 15 is 0 Å². The molecule has 1 N–H and O–H groups in total. The molecular weight excluding hydrogens is 306 g/mol. The molecule has 1 aromatic carbocycles. The van der Waals surface area contributed by atoms with E-state index in [-0.39, 0.29) is 12.3 Å². The number of aromatic nitrogens is 1. The van der Waals surface area contributed by atoms with Gasteiger partial charge in [0.25, 0.3) is 0 Å². The summed E-state index contributed by atoms with van der Waals surface area (Å²) in [7, 11) is 3.09. The lowest BCUT2D eigenvalue weighted by atomic mass is 9.99. The number of nitrogens with zero attached hydrogens (tertiary/aromatic N) is 2. The number of methoxy groups -OCH3 is 2. The summed E-state index contributed by atoms with van der Waals surface area (Å²) in [5, 5.41) is 12.0. The predicted molar refractivity (Wildman–Crippen MR) is 90.0 cm³/mol. The maximum absolute atomic E-state index is 12.3. The zero-order valence-electron chi connectivity index (χ0n) is 13.9. The quantitative estimate of drug-likeness (QED) is 0.883. The van der Waals surface area contributed by atoms with Crippen LogP contribution in [0.5, 0.6) is 11.5 Å². The van der Waals surface area contributed by atoms with Crippen molar-refractivity contribution >= 4 is 11.7 Å². The zero-order chi connectivity index (χ0) is 17.5. The van der Waals surface area contributed by atoms with Crippen LogP contribution in [0, 0.1) is 24.2 Å². The lowest BCUT2D eigenvalue weighted by Gasteiger charge is -2.12. The molecule has 24 heavy (non-hydrogen) atoms. The van der Waals surface area contributed by atoms with Crippen LogP contribution in [0.3, 0.4) is 0 Å². The number of hydrogen-bond donors (Lipinski definition) is 1. The number of benzene rings is 1. The Kier molecular flexibility index (Phi) is 5.74. The van der Waals surface area contributed by atoms with Crippen LogP contribution in [-0.2, 0) is 11.2 Å². The third-order valence-electron chi connectivity index (χ3n) is 3.50. The van der Waals surface area contributed by atoms with Crippen LogP contribution in [-0.4, -0.2) is 25.1 Å². The smallest absolute Gasteiger partial charge is 0.243 e. The Bertz CT molecular complexity index is 768. The highest BCUT2D eigenvalue weighted by molar-refractivity contribution is 5.93. The highest BCUT2D eigenvalue weighted by Gasteiger charge is 2.20. The van der Waals surface area contributed by atoms with Crippen molar-refractivity contribution in [3.8, 4) is 17.6 Å². The summed E-state index contributed by atoms with van der Waals surface area (Å²) < 4.78 is 10.4. The summed E-state index contributed by atoms with van der Waals surface area (Å²) in [5.41, 5.74) is 1.60. The van der Waals surface area contributed by atoms with E-state index in [9.17, 15) is 10.1 Å². The number of carbonyl (C=O) groups excluding carboxylic acids is 1. The lowest BCUT2D eigenvalue weighted by Crippen LogP contribution is -2.24. The van der Waals surface area contributed by atoms with Crippen molar-refractivity contribution in [3.05, 3.63) is 47.7 Å². The molecular formula is C18H19N3O3. The first-order valence-electron chi connectivity index (χ1n) is 7.42. The normalized spacial score (nSPS) is 11.2. The second kappa shape index (κ2) is 7.97. The first kappa shape index (κ1) is 17.3. The van der Waals surface area contributed by atoms with Gasteiger partial charge in [0.2, 0.25) is 5.91 Å². The van der Waals surface area contributed by atoms with Gasteiger partial charge in [-0.05, 0) is 43.2 Å². The number of nitrogens with one attached hydrogen (secondary N) is 1. The molecule has 0 saturated heterocycles. The van der Waals surface area contributed by atoms with Gasteiger partial charge < -0.3 is 14.8 Å². The third kappa shape index (κ3) is 4.23. The fourth-order valence-corrected chi connectivity index (χ4v) is 2.27. The van der Waals surface area contributed by atoms with Gasteiger partial charge in [0.15, 0.2) is 11.5 Å². The molecule has 0 saturated carbocycles. The SMILES string of the molecule is COc1ccc(C[C@@H](C#N)C(=O)Nc2cccc(C)n2)cc1OC. The fraction of sp³-hybridized carbons (Fsp3) is 0.278. The number of hydrogen-bond acceptors (Lipinski definition) is 5. The van der Waals surface area contributed by atoms with E-state index in [1.165, 1.54) is 0 Å². The minimum Gasteiger partial charge on any atom is -0.493 e. The summed E-state index contributed by atoms with van der Waals surface area (Å²) >= 11 is 0. The van der Waals surface area contributed by atoms with E-state index in [0.717, 1.165) is 11.3 Å². The Hall–Kier alpha value is -3.07. The molecule has 124 valence electrons. The molecule has 0 aliphatic rings. The van der Waals surface area contributed by atoms with Crippen molar-refractivity contribution in [2.75, 3.05) is 19.5 Å². The van der Waals surface area contributed by atoms with E-state index < -0.39 is 5.92 Å². The van der Waals surface area contributed by atoms with Gasteiger partial charge in [0, 0.05) is 5.69 Å². The van der Waals surface area contributed by atoms with E-state index in [2.05, 4.69) is 10.3 Å². The van der Waals surface area contributed by atoms with Crippen LogP contribution in [0.25, 0.3) is 0 Å². The number of anilines is 1. The van der Waals surface area contributed by atoms with Gasteiger partial charge in [-0.3, -0.25) is 4.79 Å². The van der Waals surface area contributed by atoms with Crippen molar-refractivity contribution in [2.45, 2.75) is 13.3 Å². The minimum atomic E-state index is -0.828. The molecule has 0 unspecified atom stereocenters. The molecule has 1 amide bonds. The lowest BCUT2D eigenvalue weighted by molar-refractivity contribution is -0.118. The molecule has 6 nitrogen and oxygen atoms in total. The van der Waals surface area contributed by atoms with Gasteiger partial charge in [-0.1, -0.05) is 12.1 Å². The van der Waals surface area contributed by atoms with Crippen LogP contribution >= 0.6 is 0 Å². The van der Waals surface area contributed by atoms with Crippen molar-refractivity contribution in [1.29, 1.82) is 5.26 Å². The standard InChI is InChI=1S/C18H19N3O3/c1-12-5-4-6-17(20-12)21-18(22)14(11-19)9-13-7-8-15(23-2)16(10-13)24-3/h4-8,10,14H,9H2,1-3H3,(H,20,21,22)/t14-/m0/s1. The molecule has 2 rings (SSSR count). The summed E-state index contributed by atoms with van der Waals surface area (Å²) in [6.07, 6.45) is 0.272. The highest BCUT2D eigenvalue weighted by atomic mass is 16.5. The second-order valence-electron chi connectivity index (χ2n) is 5.23. The van der Waals surface area contributed by atoms with Gasteiger partial charge in [0.05, 0.1) is 20.3 Å². The zero-order valence-corrected chi connectivity index (χ0v) is 13.9. The van der Waals surface area contributed by atoms with Crippen LogP contribution < -0.4 is 14.8 Å². The largest absolute Gasteiger partial charge is 0.493 e. The summed E-state index contributed by atoms with van der Waals surface area (Å²) in [4.78, 5) is 16.5. The van der Waals surface area contributed by atoms with Crippen LogP contribution in [0.1, 0.15) is 11.3 Å². The number of carbonyl (C=O) groups is 1. The van der Waals surface area contributed by atoms with Crippen molar-refractivity contribution in [1.82, 2.24) is 4.98 Å². The van der Waals surface area contributed by atoms with E-state index in [1.807, 2.05) is 25.1 Å². The minimum absolute atomic E-state index is 0.272. The molecule has 2 aromatic rings. The molecule has 1 heterocycles. The predicted octanol–water partition coefficient (Wildman–Crippen LogP) is 2.73. The molecule has 0 spiro atoms. The average Bonchev–Trinajstić information content (AvgIpc) is 2.59. The highest BCUT2D eigenvalue weighted by Crippen LogP contribution is 2.28. The molecule has 0 radical (unpaired) electrons. The molecule has 0 aliphatic heterocycles. The monoisotopic (exact) mass is 325 g/mol. The maximum atomic E-state index is 12.3. The molecule has 0 fully saturated rings. The van der Waals surface area contributed by atoms with Crippen LogP contribution in [0.15, 0.2) is 36.4 Å². The topological polar surface area (TPSA) is 84.2 Å². The number of aryl methyl sites for hydroxylation is 1. The maximum Gasteiger partial charge on any atom is 0.243 e. The van der Waals surface area contributed by atoms with Gasteiger partial charge in [-0.2, -0.15) is 5.26 Å². The van der Waals surface area contributed by atoms with Crippen molar-refractivity contribution < 1.29 is 14.3 Å². The van der Waals surface area contributed by atoms with Crippen molar-refractivity contribution in [3.63, 3.8) is 0 Å². The van der Waals surface area contributed by atoms with Gasteiger partial charge in [-0.25, -0.2) is 4.98 Å². The Labute approximate surface area is 141 Å². The summed E-state index contributed by atoms with van der Waals surface area (Å²) in [6.45, 7) is 1.83. The molecule has 1 atom stereocenters. The molecule has 1 aromatic heterocycles. The summed E-state index contributed by atoms with van der Waals surface area (Å²) in [6, 6.07) is 12.7. The molecule has 0 bridgehead atoms. The van der Waals surface area contributed by atoms with Crippen molar-refractivity contribution in [2.24, 2.45) is 5.92 Å². The number of nitriles is 1. The second-order valence-corrected chi connectivity index (χ2v) is 5.23. The summed E-state index contributed by atoms with van der Waals surface area (Å²) in [5.74, 6) is 0.388. The Morgan fingerprint density at radius 1 is 1.25 bits per heavy atom. The van der Waals surface area contributed by atoms with Gasteiger partial charge >= 0.3 is 0 Å².